The second kappa shape index (κ2) is 4.80. The number of hydrogen-bond donors (Lipinski definition) is 1. The fourth-order valence-electron chi connectivity index (χ4n) is 1.64. The van der Waals surface area contributed by atoms with E-state index < -0.39 is 10.0 Å². The Labute approximate surface area is 99.7 Å². The number of amides is 1. The van der Waals surface area contributed by atoms with E-state index in [4.69, 9.17) is 0 Å². The molecule has 0 spiro atoms. The van der Waals surface area contributed by atoms with Crippen molar-refractivity contribution in [1.29, 1.82) is 0 Å². The van der Waals surface area contributed by atoms with Gasteiger partial charge in [-0.05, 0) is 12.1 Å². The van der Waals surface area contributed by atoms with Crippen LogP contribution in [0.15, 0.2) is 29.4 Å². The molecule has 1 aliphatic heterocycles. The highest BCUT2D eigenvalue weighted by molar-refractivity contribution is 7.89. The summed E-state index contributed by atoms with van der Waals surface area (Å²) in [4.78, 5) is 15.1. The molecule has 1 saturated heterocycles. The molecule has 0 bridgehead atoms. The van der Waals surface area contributed by atoms with E-state index in [-0.39, 0.29) is 23.8 Å². The van der Waals surface area contributed by atoms with E-state index in [2.05, 4.69) is 10.3 Å². The van der Waals surface area contributed by atoms with Crippen molar-refractivity contribution in [2.24, 2.45) is 0 Å². The van der Waals surface area contributed by atoms with Crippen LogP contribution in [0.1, 0.15) is 6.42 Å². The number of sulfonamides is 1. The summed E-state index contributed by atoms with van der Waals surface area (Å²) < 4.78 is 25.7. The highest BCUT2D eigenvalue weighted by Crippen LogP contribution is 2.14. The van der Waals surface area contributed by atoms with Crippen molar-refractivity contribution in [1.82, 2.24) is 14.6 Å². The van der Waals surface area contributed by atoms with Gasteiger partial charge in [0.05, 0.1) is 0 Å². The zero-order valence-electron chi connectivity index (χ0n) is 9.17. The van der Waals surface area contributed by atoms with Crippen LogP contribution in [0.4, 0.5) is 0 Å². The van der Waals surface area contributed by atoms with Gasteiger partial charge in [-0.2, -0.15) is 4.31 Å². The van der Waals surface area contributed by atoms with Crippen LogP contribution < -0.4 is 5.32 Å². The van der Waals surface area contributed by atoms with E-state index in [1.807, 2.05) is 0 Å². The van der Waals surface area contributed by atoms with Crippen molar-refractivity contribution in [3.63, 3.8) is 0 Å². The van der Waals surface area contributed by atoms with Gasteiger partial charge in [0.25, 0.3) is 0 Å². The Morgan fingerprint density at radius 2 is 2.18 bits per heavy atom. The predicted octanol–water partition coefficient (Wildman–Crippen LogP) is -0.408. The maximum Gasteiger partial charge on any atom is 0.244 e. The van der Waals surface area contributed by atoms with E-state index in [1.165, 1.54) is 22.8 Å². The van der Waals surface area contributed by atoms with Crippen LogP contribution in [-0.2, 0) is 14.8 Å². The van der Waals surface area contributed by atoms with E-state index in [1.54, 1.807) is 6.07 Å². The van der Waals surface area contributed by atoms with Gasteiger partial charge in [0.2, 0.25) is 15.9 Å². The minimum absolute atomic E-state index is 0.117. The second-order valence-corrected chi connectivity index (χ2v) is 5.63. The van der Waals surface area contributed by atoms with Crippen molar-refractivity contribution in [3.05, 3.63) is 24.5 Å². The lowest BCUT2D eigenvalue weighted by Gasteiger charge is -2.18. The first-order chi connectivity index (χ1) is 8.10. The third-order valence-electron chi connectivity index (χ3n) is 2.54. The first-order valence-electron chi connectivity index (χ1n) is 5.27. The molecule has 1 aliphatic rings. The van der Waals surface area contributed by atoms with Crippen LogP contribution >= 0.6 is 0 Å². The van der Waals surface area contributed by atoms with E-state index >= 15 is 0 Å². The molecule has 0 aliphatic carbocycles. The number of carbonyl (C=O) groups excluding carboxylic acids is 1. The normalized spacial score (nSPS) is 18.5. The maximum atomic E-state index is 12.2. The predicted molar refractivity (Wildman–Crippen MR) is 60.6 cm³/mol. The molecule has 0 atom stereocenters. The van der Waals surface area contributed by atoms with E-state index in [0.29, 0.717) is 13.1 Å². The average molecular weight is 255 g/mol. The van der Waals surface area contributed by atoms with Gasteiger partial charge in [-0.3, -0.25) is 9.78 Å². The largest absolute Gasteiger partial charge is 0.355 e. The molecule has 1 aromatic heterocycles. The lowest BCUT2D eigenvalue weighted by Crippen LogP contribution is -2.34. The number of rotatable bonds is 2. The topological polar surface area (TPSA) is 79.4 Å². The number of hydrogen-bond acceptors (Lipinski definition) is 4. The molecular weight excluding hydrogens is 242 g/mol. The van der Waals surface area contributed by atoms with Crippen molar-refractivity contribution in [2.45, 2.75) is 11.3 Å². The Hall–Kier alpha value is -1.47. The quantitative estimate of drug-likeness (QED) is 0.779. The first kappa shape index (κ1) is 12.0. The summed E-state index contributed by atoms with van der Waals surface area (Å²) in [6.45, 7) is 0.852. The van der Waals surface area contributed by atoms with Gasteiger partial charge in [-0.1, -0.05) is 0 Å². The number of pyridine rings is 1. The molecule has 1 aromatic rings. The molecular formula is C10H13N3O3S. The van der Waals surface area contributed by atoms with Gasteiger partial charge in [-0.25, -0.2) is 8.42 Å². The van der Waals surface area contributed by atoms with E-state index in [0.717, 1.165) is 0 Å². The van der Waals surface area contributed by atoms with Gasteiger partial charge >= 0.3 is 0 Å². The Balaban J connectivity index is 2.24. The molecule has 1 amide bonds. The molecule has 0 saturated carbocycles. The molecule has 0 aromatic carbocycles. The molecule has 0 unspecified atom stereocenters. The summed E-state index contributed by atoms with van der Waals surface area (Å²) in [5.74, 6) is -0.117. The second-order valence-electron chi connectivity index (χ2n) is 3.69. The van der Waals surface area contributed by atoms with Gasteiger partial charge in [0, 0.05) is 38.4 Å². The van der Waals surface area contributed by atoms with Crippen LogP contribution in [0.3, 0.4) is 0 Å². The monoisotopic (exact) mass is 255 g/mol. The fraction of sp³-hybridized carbons (Fsp3) is 0.400. The number of aromatic nitrogens is 1. The van der Waals surface area contributed by atoms with Crippen LogP contribution in [-0.4, -0.2) is 43.2 Å². The Morgan fingerprint density at radius 3 is 2.88 bits per heavy atom. The Kier molecular flexibility index (Phi) is 3.39. The van der Waals surface area contributed by atoms with Crippen molar-refractivity contribution in [3.8, 4) is 0 Å². The molecule has 7 heteroatoms. The maximum absolute atomic E-state index is 12.2. The van der Waals surface area contributed by atoms with E-state index in [9.17, 15) is 13.2 Å². The SMILES string of the molecule is O=C1CCN(S(=O)(=O)c2cccnc2)CCN1. The number of nitrogens with one attached hydrogen (secondary N) is 1. The highest BCUT2D eigenvalue weighted by atomic mass is 32.2. The van der Waals surface area contributed by atoms with Crippen LogP contribution in [0, 0.1) is 0 Å². The van der Waals surface area contributed by atoms with Gasteiger partial charge in [0.15, 0.2) is 0 Å². The van der Waals surface area contributed by atoms with Crippen LogP contribution in [0.2, 0.25) is 0 Å². The number of carbonyl (C=O) groups is 1. The summed E-state index contributed by atoms with van der Waals surface area (Å²) in [7, 11) is -3.53. The zero-order chi connectivity index (χ0) is 12.3. The van der Waals surface area contributed by atoms with Gasteiger partial charge in [-0.15, -0.1) is 0 Å². The molecule has 2 heterocycles. The molecule has 0 radical (unpaired) electrons. The van der Waals surface area contributed by atoms with Crippen molar-refractivity contribution >= 4 is 15.9 Å². The zero-order valence-corrected chi connectivity index (χ0v) is 9.98. The molecule has 1 fully saturated rings. The summed E-state index contributed by atoms with van der Waals surface area (Å²) >= 11 is 0. The third-order valence-corrected chi connectivity index (χ3v) is 4.43. The summed E-state index contributed by atoms with van der Waals surface area (Å²) in [5.41, 5.74) is 0. The number of nitrogens with zero attached hydrogens (tertiary/aromatic N) is 2. The summed E-state index contributed by atoms with van der Waals surface area (Å²) in [5, 5.41) is 2.64. The third kappa shape index (κ3) is 2.62. The van der Waals surface area contributed by atoms with Crippen molar-refractivity contribution < 1.29 is 13.2 Å². The minimum Gasteiger partial charge on any atom is -0.355 e. The summed E-state index contributed by atoms with van der Waals surface area (Å²) in [6.07, 6.45) is 3.03. The van der Waals surface area contributed by atoms with Crippen LogP contribution in [0.25, 0.3) is 0 Å². The molecule has 6 nitrogen and oxygen atoms in total. The highest BCUT2D eigenvalue weighted by Gasteiger charge is 2.26. The average Bonchev–Trinajstić information content (AvgIpc) is 2.55. The Morgan fingerprint density at radius 1 is 1.35 bits per heavy atom. The van der Waals surface area contributed by atoms with Crippen molar-refractivity contribution in [2.75, 3.05) is 19.6 Å². The minimum atomic E-state index is -3.53. The Bertz CT molecular complexity index is 501. The van der Waals surface area contributed by atoms with Gasteiger partial charge in [0.1, 0.15) is 4.90 Å². The van der Waals surface area contributed by atoms with Crippen LogP contribution in [0.5, 0.6) is 0 Å². The standard InChI is InChI=1S/C10H13N3O3S/c14-10-3-6-13(7-5-12-10)17(15,16)9-2-1-4-11-8-9/h1-2,4,8H,3,5-7H2,(H,12,14). The summed E-state index contributed by atoms with van der Waals surface area (Å²) in [6, 6.07) is 3.08. The smallest absolute Gasteiger partial charge is 0.244 e. The first-order valence-corrected chi connectivity index (χ1v) is 6.71. The fourth-order valence-corrected chi connectivity index (χ4v) is 3.04. The van der Waals surface area contributed by atoms with Gasteiger partial charge < -0.3 is 5.32 Å². The lowest BCUT2D eigenvalue weighted by atomic mass is 10.4. The molecule has 1 N–H and O–H groups in total. The molecule has 17 heavy (non-hydrogen) atoms. The molecule has 2 rings (SSSR count). The lowest BCUT2D eigenvalue weighted by molar-refractivity contribution is -0.120. The molecule has 92 valence electrons.